The Bertz CT molecular complexity index is 884. The van der Waals surface area contributed by atoms with Crippen LogP contribution in [0.1, 0.15) is 34.0 Å². The van der Waals surface area contributed by atoms with Crippen LogP contribution in [-0.2, 0) is 4.79 Å². The summed E-state index contributed by atoms with van der Waals surface area (Å²) in [5, 5.41) is 1.81. The number of thiazole rings is 1. The van der Waals surface area contributed by atoms with Gasteiger partial charge in [0.1, 0.15) is 5.69 Å². The van der Waals surface area contributed by atoms with Gasteiger partial charge in [-0.2, -0.15) is 0 Å². The van der Waals surface area contributed by atoms with E-state index in [0.717, 1.165) is 45.7 Å². The summed E-state index contributed by atoms with van der Waals surface area (Å²) in [4.78, 5) is 35.7. The number of nitrogens with zero attached hydrogens (tertiary/aromatic N) is 4. The summed E-state index contributed by atoms with van der Waals surface area (Å²) in [6.07, 6.45) is 0.987. The highest BCUT2D eigenvalue weighted by molar-refractivity contribution is 7.07. The number of aromatic nitrogens is 1. The zero-order chi connectivity index (χ0) is 20.0. The number of hydrogen-bond donors (Lipinski definition) is 0. The molecule has 1 aromatic carbocycles. The van der Waals surface area contributed by atoms with Gasteiger partial charge in [0.05, 0.1) is 5.51 Å². The lowest BCUT2D eigenvalue weighted by Crippen LogP contribution is -2.64. The van der Waals surface area contributed by atoms with Crippen LogP contribution in [0, 0.1) is 12.8 Å². The largest absolute Gasteiger partial charge is 0.339 e. The summed E-state index contributed by atoms with van der Waals surface area (Å²) in [6.45, 7) is 6.97. The minimum absolute atomic E-state index is 0.0344. The Kier molecular flexibility index (Phi) is 4.87. The predicted octanol–water partition coefficient (Wildman–Crippen LogP) is 2.22. The van der Waals surface area contributed by atoms with E-state index in [9.17, 15) is 9.59 Å². The molecule has 1 aliphatic carbocycles. The van der Waals surface area contributed by atoms with Crippen LogP contribution in [0.5, 0.6) is 0 Å². The van der Waals surface area contributed by atoms with Crippen LogP contribution in [0.4, 0.5) is 0 Å². The number of carbonyl (C=O) groups excluding carboxylic acids is 2. The molecular formula is C22H26N4O2S. The fourth-order valence-corrected chi connectivity index (χ4v) is 5.05. The van der Waals surface area contributed by atoms with Crippen LogP contribution in [-0.4, -0.2) is 76.8 Å². The van der Waals surface area contributed by atoms with Crippen molar-refractivity contribution in [3.8, 4) is 0 Å². The van der Waals surface area contributed by atoms with Gasteiger partial charge in [-0.25, -0.2) is 4.98 Å². The van der Waals surface area contributed by atoms with E-state index >= 15 is 0 Å². The highest BCUT2D eigenvalue weighted by atomic mass is 32.1. The van der Waals surface area contributed by atoms with E-state index in [4.69, 9.17) is 0 Å². The van der Waals surface area contributed by atoms with Crippen molar-refractivity contribution in [2.24, 2.45) is 5.92 Å². The Balaban J connectivity index is 1.08. The number of piperazine rings is 1. The molecule has 0 N–H and O–H groups in total. The molecule has 0 bridgehead atoms. The van der Waals surface area contributed by atoms with E-state index in [1.54, 1.807) is 5.51 Å². The van der Waals surface area contributed by atoms with Crippen molar-refractivity contribution >= 4 is 23.2 Å². The fourth-order valence-electron chi connectivity index (χ4n) is 4.52. The number of likely N-dealkylation sites (tertiary alicyclic amines) is 1. The number of hydrogen-bond acceptors (Lipinski definition) is 5. The third-order valence-electron chi connectivity index (χ3n) is 6.56. The van der Waals surface area contributed by atoms with Gasteiger partial charge in [-0.05, 0) is 24.8 Å². The molecule has 2 unspecified atom stereocenters. The third-order valence-corrected chi connectivity index (χ3v) is 7.14. The highest BCUT2D eigenvalue weighted by Crippen LogP contribution is 2.49. The van der Waals surface area contributed by atoms with Crippen LogP contribution in [0.25, 0.3) is 0 Å². The third kappa shape index (κ3) is 3.69. The lowest BCUT2D eigenvalue weighted by atomic mass is 10.0. The number of aryl methyl sites for hydroxylation is 1. The molecule has 29 heavy (non-hydrogen) atoms. The lowest BCUT2D eigenvalue weighted by molar-refractivity contribution is -0.140. The van der Waals surface area contributed by atoms with E-state index < -0.39 is 0 Å². The molecule has 2 atom stereocenters. The highest BCUT2D eigenvalue weighted by Gasteiger charge is 2.48. The summed E-state index contributed by atoms with van der Waals surface area (Å²) in [5.41, 5.74) is 4.81. The molecule has 7 heteroatoms. The van der Waals surface area contributed by atoms with Gasteiger partial charge in [0.15, 0.2) is 0 Å². The van der Waals surface area contributed by atoms with Gasteiger partial charge in [0.2, 0.25) is 5.91 Å². The molecule has 3 fully saturated rings. The first-order chi connectivity index (χ1) is 14.1. The van der Waals surface area contributed by atoms with Crippen molar-refractivity contribution in [1.82, 2.24) is 19.7 Å². The zero-order valence-electron chi connectivity index (χ0n) is 16.7. The van der Waals surface area contributed by atoms with Crippen LogP contribution in [0.2, 0.25) is 0 Å². The Hall–Kier alpha value is -2.25. The van der Waals surface area contributed by atoms with Gasteiger partial charge in [0.25, 0.3) is 5.91 Å². The number of benzene rings is 1. The van der Waals surface area contributed by atoms with Crippen molar-refractivity contribution in [2.45, 2.75) is 25.3 Å². The molecule has 0 spiro atoms. The summed E-state index contributed by atoms with van der Waals surface area (Å²) in [6, 6.07) is 9.03. The first-order valence-electron chi connectivity index (χ1n) is 10.4. The standard InChI is InChI=1S/C22H26N4O2S/c1-15-2-4-16(5-3-15)18-10-19(18)21(27)26-11-17(12-26)24-6-8-25(9-7-24)22(28)20-13-29-14-23-20/h2-5,13-14,17-19H,6-12H2,1H3. The summed E-state index contributed by atoms with van der Waals surface area (Å²) in [7, 11) is 0. The van der Waals surface area contributed by atoms with Gasteiger partial charge in [-0.3, -0.25) is 14.5 Å². The lowest BCUT2D eigenvalue weighted by Gasteiger charge is -2.48. The maximum Gasteiger partial charge on any atom is 0.273 e. The van der Waals surface area contributed by atoms with Gasteiger partial charge in [-0.1, -0.05) is 29.8 Å². The van der Waals surface area contributed by atoms with Gasteiger partial charge in [-0.15, -0.1) is 11.3 Å². The van der Waals surface area contributed by atoms with Crippen molar-refractivity contribution in [2.75, 3.05) is 39.3 Å². The number of carbonyl (C=O) groups is 2. The molecule has 2 aromatic rings. The molecule has 1 aromatic heterocycles. The summed E-state index contributed by atoms with van der Waals surface area (Å²) in [5.74, 6) is 0.935. The zero-order valence-corrected chi connectivity index (χ0v) is 17.5. The summed E-state index contributed by atoms with van der Waals surface area (Å²) < 4.78 is 0. The second-order valence-electron chi connectivity index (χ2n) is 8.46. The quantitative estimate of drug-likeness (QED) is 0.776. The molecule has 5 rings (SSSR count). The summed E-state index contributed by atoms with van der Waals surface area (Å²) >= 11 is 1.45. The minimum Gasteiger partial charge on any atom is -0.339 e. The predicted molar refractivity (Wildman–Crippen MR) is 112 cm³/mol. The van der Waals surface area contributed by atoms with Gasteiger partial charge < -0.3 is 9.80 Å². The average Bonchev–Trinajstić information content (AvgIpc) is 3.31. The fraction of sp³-hybridized carbons (Fsp3) is 0.500. The smallest absolute Gasteiger partial charge is 0.273 e. The Morgan fingerprint density at radius 3 is 2.41 bits per heavy atom. The average molecular weight is 411 g/mol. The molecule has 2 aliphatic heterocycles. The van der Waals surface area contributed by atoms with Gasteiger partial charge in [0, 0.05) is 56.6 Å². The first-order valence-corrected chi connectivity index (χ1v) is 11.3. The normalized spacial score (nSPS) is 25.0. The Morgan fingerprint density at radius 1 is 1.03 bits per heavy atom. The molecule has 152 valence electrons. The molecule has 3 heterocycles. The van der Waals surface area contributed by atoms with E-state index in [1.165, 1.54) is 22.5 Å². The van der Waals surface area contributed by atoms with Crippen molar-refractivity contribution in [1.29, 1.82) is 0 Å². The first kappa shape index (κ1) is 18.8. The molecule has 3 aliphatic rings. The maximum absolute atomic E-state index is 12.8. The minimum atomic E-state index is 0.0344. The van der Waals surface area contributed by atoms with E-state index in [-0.39, 0.29) is 11.8 Å². The van der Waals surface area contributed by atoms with Crippen LogP contribution < -0.4 is 0 Å². The molecule has 1 saturated carbocycles. The van der Waals surface area contributed by atoms with Crippen LogP contribution >= 0.6 is 11.3 Å². The maximum atomic E-state index is 12.8. The molecule has 0 radical (unpaired) electrons. The molecule has 2 saturated heterocycles. The second-order valence-corrected chi connectivity index (χ2v) is 9.18. The van der Waals surface area contributed by atoms with Crippen molar-refractivity contribution in [3.05, 3.63) is 52.0 Å². The Morgan fingerprint density at radius 2 is 1.76 bits per heavy atom. The molecule has 2 amide bonds. The van der Waals surface area contributed by atoms with E-state index in [1.807, 2.05) is 15.2 Å². The topological polar surface area (TPSA) is 56.8 Å². The SMILES string of the molecule is Cc1ccc(C2CC2C(=O)N2CC(N3CCN(C(=O)c4cscn4)CC3)C2)cc1. The number of rotatable bonds is 4. The van der Waals surface area contributed by atoms with Gasteiger partial charge >= 0.3 is 0 Å². The van der Waals surface area contributed by atoms with Crippen molar-refractivity contribution < 1.29 is 9.59 Å². The van der Waals surface area contributed by atoms with E-state index in [2.05, 4.69) is 41.1 Å². The van der Waals surface area contributed by atoms with Crippen LogP contribution in [0.15, 0.2) is 35.2 Å². The molecule has 6 nitrogen and oxygen atoms in total. The molecular weight excluding hydrogens is 384 g/mol. The van der Waals surface area contributed by atoms with Crippen molar-refractivity contribution in [3.63, 3.8) is 0 Å². The monoisotopic (exact) mass is 410 g/mol. The Labute approximate surface area is 175 Å². The second kappa shape index (κ2) is 7.54. The number of amides is 2. The van der Waals surface area contributed by atoms with E-state index in [0.29, 0.717) is 23.6 Å². The van der Waals surface area contributed by atoms with Crippen LogP contribution in [0.3, 0.4) is 0 Å².